The molecule has 1 aliphatic heterocycles. The van der Waals surface area contributed by atoms with E-state index < -0.39 is 36.0 Å². The van der Waals surface area contributed by atoms with Crippen LogP contribution in [-0.4, -0.2) is 66.1 Å². The SMILES string of the molecule is [2H]C([2H])([2H])NC(=O)c1ccc(-c2c(-c3ccc(NC(=O)C(=C)F)cc3)n(C)c3c(C#CCOC4CCN(C)CC4)cnc(N)c23)cc1F. The number of aromatic nitrogens is 2. The number of likely N-dealkylation sites (tertiary alicyclic amines) is 1. The topological polar surface area (TPSA) is 115 Å². The van der Waals surface area contributed by atoms with E-state index in [1.165, 1.54) is 12.1 Å². The average molecular weight is 616 g/mol. The zero-order chi connectivity index (χ0) is 34.7. The van der Waals surface area contributed by atoms with Gasteiger partial charge >= 0.3 is 0 Å². The molecule has 0 atom stereocenters. The van der Waals surface area contributed by atoms with Gasteiger partial charge in [-0.05, 0) is 55.3 Å². The molecule has 1 aliphatic rings. The largest absolute Gasteiger partial charge is 0.383 e. The fourth-order valence-corrected chi connectivity index (χ4v) is 5.49. The molecule has 0 aliphatic carbocycles. The van der Waals surface area contributed by atoms with Gasteiger partial charge < -0.3 is 30.6 Å². The third kappa shape index (κ3) is 6.57. The minimum Gasteiger partial charge on any atom is -0.383 e. The van der Waals surface area contributed by atoms with Crippen molar-refractivity contribution in [3.63, 3.8) is 0 Å². The Hall–Kier alpha value is -5.05. The number of fused-ring (bicyclic) bond motifs is 1. The lowest BCUT2D eigenvalue weighted by atomic mass is 9.96. The molecule has 3 heterocycles. The summed E-state index contributed by atoms with van der Waals surface area (Å²) in [4.78, 5) is 31.0. The van der Waals surface area contributed by atoms with Gasteiger partial charge in [-0.15, -0.1) is 0 Å². The number of hydrogen-bond acceptors (Lipinski definition) is 6. The standard InChI is InChI=1S/C34H34F2N6O3/c1-20(35)33(43)40-24-10-7-21(8-11-24)30-28(22-9-12-26(27(36)18-22)34(44)38-2)29-31(42(30)4)23(19-39-32(29)37)6-5-17-45-25-13-15-41(3)16-14-25/h7-12,18-19,25H,1,13-17H2,2-4H3,(H2,37,39)(H,38,44)(H,40,43)/i2D3. The van der Waals surface area contributed by atoms with E-state index in [1.54, 1.807) is 42.8 Å². The van der Waals surface area contributed by atoms with Gasteiger partial charge in [0.15, 0.2) is 5.83 Å². The normalized spacial score (nSPS) is 15.0. The molecule has 0 saturated carbocycles. The fourth-order valence-electron chi connectivity index (χ4n) is 5.49. The van der Waals surface area contributed by atoms with E-state index in [0.29, 0.717) is 44.5 Å². The summed E-state index contributed by atoms with van der Waals surface area (Å²) in [6.07, 6.45) is 3.53. The third-order valence-corrected chi connectivity index (χ3v) is 7.80. The highest BCUT2D eigenvalue weighted by Gasteiger charge is 2.24. The number of hydrogen-bond donors (Lipinski definition) is 3. The maximum absolute atomic E-state index is 15.5. The number of halogens is 2. The number of carbonyl (C=O) groups excluding carboxylic acids is 2. The summed E-state index contributed by atoms with van der Waals surface area (Å²) < 4.78 is 58.5. The molecule has 5 rings (SSSR count). The summed E-state index contributed by atoms with van der Waals surface area (Å²) in [7, 11) is 3.87. The number of ether oxygens (including phenoxy) is 1. The van der Waals surface area contributed by atoms with Crippen molar-refractivity contribution in [3.8, 4) is 34.2 Å². The highest BCUT2D eigenvalue weighted by Crippen LogP contribution is 2.43. The Labute approximate surface area is 264 Å². The number of carbonyl (C=O) groups is 2. The molecule has 4 N–H and O–H groups in total. The Kier molecular flexibility index (Phi) is 8.12. The van der Waals surface area contributed by atoms with Crippen LogP contribution in [0.2, 0.25) is 0 Å². The quantitative estimate of drug-likeness (QED) is 0.202. The Morgan fingerprint density at radius 3 is 2.56 bits per heavy atom. The summed E-state index contributed by atoms with van der Waals surface area (Å²) in [6, 6.07) is 10.3. The molecule has 0 bridgehead atoms. The van der Waals surface area contributed by atoms with Crippen LogP contribution >= 0.6 is 0 Å². The van der Waals surface area contributed by atoms with Crippen LogP contribution in [0.1, 0.15) is 32.9 Å². The summed E-state index contributed by atoms with van der Waals surface area (Å²) in [5, 5.41) is 4.68. The number of rotatable bonds is 7. The zero-order valence-electron chi connectivity index (χ0n) is 27.8. The van der Waals surface area contributed by atoms with E-state index in [4.69, 9.17) is 14.6 Å². The van der Waals surface area contributed by atoms with E-state index in [2.05, 4.69) is 40.7 Å². The van der Waals surface area contributed by atoms with E-state index in [0.717, 1.165) is 32.0 Å². The average Bonchev–Trinajstić information content (AvgIpc) is 3.34. The fraction of sp³-hybridized carbons (Fsp3) is 0.265. The van der Waals surface area contributed by atoms with Crippen molar-refractivity contribution in [2.24, 2.45) is 7.05 Å². The van der Waals surface area contributed by atoms with Crippen LogP contribution in [0, 0.1) is 17.7 Å². The molecule has 45 heavy (non-hydrogen) atoms. The number of nitrogens with zero attached hydrogens (tertiary/aromatic N) is 3. The van der Waals surface area contributed by atoms with Crippen molar-refractivity contribution >= 4 is 34.2 Å². The molecule has 0 spiro atoms. The molecule has 232 valence electrons. The number of amides is 2. The first kappa shape index (κ1) is 27.5. The van der Waals surface area contributed by atoms with Gasteiger partial charge in [0.05, 0.1) is 33.8 Å². The van der Waals surface area contributed by atoms with Gasteiger partial charge in [0, 0.05) is 48.7 Å². The first-order chi connectivity index (χ1) is 22.7. The number of aryl methyl sites for hydroxylation is 1. The van der Waals surface area contributed by atoms with Crippen molar-refractivity contribution in [3.05, 3.63) is 78.0 Å². The lowest BCUT2D eigenvalue weighted by Crippen LogP contribution is -2.34. The number of nitrogens with two attached hydrogens (primary N) is 1. The molecule has 4 aromatic rings. The van der Waals surface area contributed by atoms with E-state index in [-0.39, 0.29) is 18.5 Å². The van der Waals surface area contributed by atoms with Crippen LogP contribution in [0.5, 0.6) is 0 Å². The molecular weight excluding hydrogens is 578 g/mol. The van der Waals surface area contributed by atoms with Crippen LogP contribution in [0.3, 0.4) is 0 Å². The van der Waals surface area contributed by atoms with Crippen molar-refractivity contribution in [2.45, 2.75) is 18.9 Å². The van der Waals surface area contributed by atoms with Crippen molar-refractivity contribution < 1.29 is 27.2 Å². The molecule has 11 heteroatoms. The van der Waals surface area contributed by atoms with Gasteiger partial charge in [-0.2, -0.15) is 0 Å². The molecular formula is C34H34F2N6O3. The number of piperidine rings is 1. The van der Waals surface area contributed by atoms with Gasteiger partial charge in [-0.1, -0.05) is 36.6 Å². The van der Waals surface area contributed by atoms with Crippen LogP contribution in [0.15, 0.2) is 61.1 Å². The molecule has 0 unspecified atom stereocenters. The highest BCUT2D eigenvalue weighted by atomic mass is 19.1. The number of nitrogen functional groups attached to an aromatic ring is 1. The second-order valence-electron chi connectivity index (χ2n) is 10.8. The Morgan fingerprint density at radius 2 is 1.89 bits per heavy atom. The molecule has 2 aromatic carbocycles. The summed E-state index contributed by atoms with van der Waals surface area (Å²) in [5.74, 6) is 2.22. The van der Waals surface area contributed by atoms with E-state index >= 15 is 4.39 Å². The van der Waals surface area contributed by atoms with Gasteiger partial charge in [0.1, 0.15) is 18.2 Å². The number of benzene rings is 2. The number of anilines is 2. The van der Waals surface area contributed by atoms with Gasteiger partial charge in [0.25, 0.3) is 11.8 Å². The monoisotopic (exact) mass is 615 g/mol. The van der Waals surface area contributed by atoms with Gasteiger partial charge in [-0.25, -0.2) is 13.8 Å². The molecule has 1 fully saturated rings. The highest BCUT2D eigenvalue weighted by molar-refractivity contribution is 6.11. The predicted octanol–water partition coefficient (Wildman–Crippen LogP) is 4.87. The van der Waals surface area contributed by atoms with Gasteiger partial charge in [-0.3, -0.25) is 9.59 Å². The second-order valence-corrected chi connectivity index (χ2v) is 10.8. The first-order valence-electron chi connectivity index (χ1n) is 15.7. The van der Waals surface area contributed by atoms with E-state index in [1.807, 2.05) is 4.57 Å². The second kappa shape index (κ2) is 13.3. The maximum atomic E-state index is 15.5. The molecule has 9 nitrogen and oxygen atoms in total. The minimum atomic E-state index is -2.80. The predicted molar refractivity (Wildman–Crippen MR) is 172 cm³/mol. The van der Waals surface area contributed by atoms with Crippen molar-refractivity contribution in [1.82, 2.24) is 19.8 Å². The summed E-state index contributed by atoms with van der Waals surface area (Å²) >= 11 is 0. The smallest absolute Gasteiger partial charge is 0.283 e. The van der Waals surface area contributed by atoms with Crippen LogP contribution < -0.4 is 16.4 Å². The Morgan fingerprint density at radius 1 is 1.18 bits per heavy atom. The number of nitrogens with one attached hydrogen (secondary N) is 2. The van der Waals surface area contributed by atoms with E-state index in [9.17, 15) is 14.0 Å². The molecule has 1 saturated heterocycles. The Balaban J connectivity index is 1.61. The molecule has 0 radical (unpaired) electrons. The lowest BCUT2D eigenvalue weighted by molar-refractivity contribution is -0.114. The minimum absolute atomic E-state index is 0.128. The van der Waals surface area contributed by atoms with Crippen molar-refractivity contribution in [1.29, 1.82) is 0 Å². The molecule has 2 amide bonds. The lowest BCUT2D eigenvalue weighted by Gasteiger charge is -2.28. The van der Waals surface area contributed by atoms with Crippen LogP contribution in [0.4, 0.5) is 20.3 Å². The summed E-state index contributed by atoms with van der Waals surface area (Å²) in [5.41, 5.74) is 9.47. The Bertz CT molecular complexity index is 1960. The van der Waals surface area contributed by atoms with Crippen LogP contribution in [0.25, 0.3) is 33.3 Å². The number of pyridine rings is 1. The third-order valence-electron chi connectivity index (χ3n) is 7.80. The first-order valence-corrected chi connectivity index (χ1v) is 14.2. The zero-order valence-corrected chi connectivity index (χ0v) is 24.8. The maximum Gasteiger partial charge on any atom is 0.283 e. The molecule has 2 aromatic heterocycles. The van der Waals surface area contributed by atoms with Gasteiger partial charge in [0.2, 0.25) is 0 Å². The summed E-state index contributed by atoms with van der Waals surface area (Å²) in [6.45, 7) is 2.33. The van der Waals surface area contributed by atoms with Crippen molar-refractivity contribution in [2.75, 3.05) is 44.8 Å². The van der Waals surface area contributed by atoms with Crippen LogP contribution in [-0.2, 0) is 16.6 Å².